The van der Waals surface area contributed by atoms with Crippen LogP contribution in [0.2, 0.25) is 0 Å². The topological polar surface area (TPSA) is 60.5 Å². The lowest BCUT2D eigenvalue weighted by Crippen LogP contribution is -2.06. The lowest BCUT2D eigenvalue weighted by atomic mass is 10.1. The highest BCUT2D eigenvalue weighted by atomic mass is 32.1. The Labute approximate surface area is 127 Å². The molecule has 1 heterocycles. The van der Waals surface area contributed by atoms with E-state index in [0.29, 0.717) is 5.69 Å². The lowest BCUT2D eigenvalue weighted by molar-refractivity contribution is 0.0594. The highest BCUT2D eigenvalue weighted by Gasteiger charge is 2.15. The zero-order chi connectivity index (χ0) is 15.2. The number of benzene rings is 1. The molecule has 2 aromatic rings. The molecule has 0 radical (unpaired) electrons. The minimum atomic E-state index is -0.399. The minimum absolute atomic E-state index is 0.381. The molecular formula is C15H18N2O3S. The van der Waals surface area contributed by atoms with Crippen LogP contribution in [0.5, 0.6) is 5.75 Å². The van der Waals surface area contributed by atoms with Crippen molar-refractivity contribution in [3.05, 3.63) is 40.4 Å². The Bertz CT molecular complexity index is 625. The van der Waals surface area contributed by atoms with Crippen molar-refractivity contribution < 1.29 is 14.3 Å². The normalized spacial score (nSPS) is 10.2. The van der Waals surface area contributed by atoms with Gasteiger partial charge in [-0.15, -0.1) is 11.3 Å². The molecule has 5 nitrogen and oxygen atoms in total. The lowest BCUT2D eigenvalue weighted by Gasteiger charge is -2.05. The molecule has 0 atom stereocenters. The maximum atomic E-state index is 11.5. The van der Waals surface area contributed by atoms with Gasteiger partial charge >= 0.3 is 5.97 Å². The summed E-state index contributed by atoms with van der Waals surface area (Å²) in [5, 5.41) is 3.96. The van der Waals surface area contributed by atoms with Gasteiger partial charge in [0.05, 0.1) is 14.2 Å². The van der Waals surface area contributed by atoms with Crippen LogP contribution in [0.1, 0.15) is 20.9 Å². The molecule has 0 bridgehead atoms. The van der Waals surface area contributed by atoms with Gasteiger partial charge in [0.25, 0.3) is 0 Å². The first-order valence-electron chi connectivity index (χ1n) is 6.56. The number of methoxy groups -OCH3 is 2. The van der Waals surface area contributed by atoms with Crippen LogP contribution in [-0.4, -0.2) is 31.7 Å². The Balaban J connectivity index is 1.93. The Kier molecular flexibility index (Phi) is 5.16. The number of hydrogen-bond acceptors (Lipinski definition) is 6. The molecule has 2 rings (SSSR count). The Morgan fingerprint density at radius 3 is 2.90 bits per heavy atom. The molecule has 21 heavy (non-hydrogen) atoms. The summed E-state index contributed by atoms with van der Waals surface area (Å²) in [6.07, 6.45) is 0.851. The second-order valence-corrected chi connectivity index (χ2v) is 5.65. The van der Waals surface area contributed by atoms with E-state index in [1.54, 1.807) is 7.11 Å². The van der Waals surface area contributed by atoms with Crippen molar-refractivity contribution in [2.45, 2.75) is 13.3 Å². The molecule has 1 aromatic carbocycles. The molecule has 6 heteroatoms. The predicted molar refractivity (Wildman–Crippen MR) is 83.4 cm³/mol. The van der Waals surface area contributed by atoms with E-state index in [9.17, 15) is 4.79 Å². The van der Waals surface area contributed by atoms with Crippen LogP contribution in [0.25, 0.3) is 0 Å². The van der Waals surface area contributed by atoms with Crippen molar-refractivity contribution in [1.29, 1.82) is 0 Å². The molecule has 0 saturated heterocycles. The fraction of sp³-hybridized carbons (Fsp3) is 0.333. The molecule has 0 spiro atoms. The van der Waals surface area contributed by atoms with Crippen LogP contribution in [-0.2, 0) is 11.2 Å². The van der Waals surface area contributed by atoms with Crippen molar-refractivity contribution >= 4 is 22.4 Å². The summed E-state index contributed by atoms with van der Waals surface area (Å²) in [5.74, 6) is 0.454. The Morgan fingerprint density at radius 1 is 1.38 bits per heavy atom. The maximum absolute atomic E-state index is 11.5. The van der Waals surface area contributed by atoms with E-state index >= 15 is 0 Å². The third kappa shape index (κ3) is 3.95. The van der Waals surface area contributed by atoms with Crippen molar-refractivity contribution in [3.8, 4) is 5.75 Å². The van der Waals surface area contributed by atoms with Gasteiger partial charge in [-0.05, 0) is 31.0 Å². The standard InChI is InChI=1S/C15H18N2O3S/c1-10-13(14(18)20-3)17-15(21-10)16-8-7-11-5-4-6-12(9-11)19-2/h4-6,9H,7-8H2,1-3H3,(H,16,17). The summed E-state index contributed by atoms with van der Waals surface area (Å²) in [7, 11) is 3.01. The molecule has 0 fully saturated rings. The smallest absolute Gasteiger partial charge is 0.357 e. The van der Waals surface area contributed by atoms with Gasteiger partial charge in [0.1, 0.15) is 5.75 Å². The molecule has 1 aromatic heterocycles. The van der Waals surface area contributed by atoms with E-state index in [2.05, 4.69) is 16.4 Å². The highest BCUT2D eigenvalue weighted by Crippen LogP contribution is 2.22. The molecule has 0 saturated carbocycles. The monoisotopic (exact) mass is 306 g/mol. The van der Waals surface area contributed by atoms with E-state index in [1.807, 2.05) is 25.1 Å². The van der Waals surface area contributed by atoms with E-state index < -0.39 is 5.97 Å². The van der Waals surface area contributed by atoms with E-state index in [-0.39, 0.29) is 0 Å². The number of esters is 1. The second kappa shape index (κ2) is 7.08. The molecule has 0 aliphatic rings. The van der Waals surface area contributed by atoms with Crippen molar-refractivity contribution in [2.75, 3.05) is 26.1 Å². The van der Waals surface area contributed by atoms with Gasteiger partial charge in [-0.1, -0.05) is 12.1 Å². The number of rotatable bonds is 6. The van der Waals surface area contributed by atoms with Crippen LogP contribution >= 0.6 is 11.3 Å². The third-order valence-corrected chi connectivity index (χ3v) is 3.93. The molecule has 0 unspecified atom stereocenters. The zero-order valence-electron chi connectivity index (χ0n) is 12.3. The van der Waals surface area contributed by atoms with Crippen molar-refractivity contribution in [2.24, 2.45) is 0 Å². The number of hydrogen-bond donors (Lipinski definition) is 1. The van der Waals surface area contributed by atoms with Crippen molar-refractivity contribution in [3.63, 3.8) is 0 Å². The number of aromatic nitrogens is 1. The van der Waals surface area contributed by atoms with E-state index in [4.69, 9.17) is 9.47 Å². The third-order valence-electron chi connectivity index (χ3n) is 3.00. The average Bonchev–Trinajstić information content (AvgIpc) is 2.87. The Hall–Kier alpha value is -2.08. The largest absolute Gasteiger partial charge is 0.497 e. The summed E-state index contributed by atoms with van der Waals surface area (Å²) in [5.41, 5.74) is 1.56. The molecular weight excluding hydrogens is 288 g/mol. The highest BCUT2D eigenvalue weighted by molar-refractivity contribution is 7.15. The Morgan fingerprint density at radius 2 is 2.19 bits per heavy atom. The molecule has 112 valence electrons. The first kappa shape index (κ1) is 15.3. The number of thiazole rings is 1. The number of aryl methyl sites for hydroxylation is 1. The SMILES string of the molecule is COC(=O)c1nc(NCCc2cccc(OC)c2)sc1C. The minimum Gasteiger partial charge on any atom is -0.497 e. The predicted octanol–water partition coefficient (Wildman–Crippen LogP) is 2.90. The number of ether oxygens (including phenoxy) is 2. The van der Waals surface area contributed by atoms with Gasteiger partial charge in [-0.3, -0.25) is 0 Å². The van der Waals surface area contributed by atoms with Gasteiger partial charge in [-0.25, -0.2) is 9.78 Å². The number of nitrogens with zero attached hydrogens (tertiary/aromatic N) is 1. The van der Waals surface area contributed by atoms with Crippen LogP contribution in [0.15, 0.2) is 24.3 Å². The van der Waals surface area contributed by atoms with Crippen LogP contribution in [0, 0.1) is 6.92 Å². The molecule has 0 aliphatic heterocycles. The first-order chi connectivity index (χ1) is 10.1. The van der Waals surface area contributed by atoms with Crippen LogP contribution in [0.3, 0.4) is 0 Å². The first-order valence-corrected chi connectivity index (χ1v) is 7.38. The van der Waals surface area contributed by atoms with Gasteiger partial charge < -0.3 is 14.8 Å². The van der Waals surface area contributed by atoms with Crippen LogP contribution < -0.4 is 10.1 Å². The summed E-state index contributed by atoms with van der Waals surface area (Å²) in [6.45, 7) is 2.60. The van der Waals surface area contributed by atoms with Gasteiger partial charge in [0.2, 0.25) is 0 Å². The fourth-order valence-electron chi connectivity index (χ4n) is 1.90. The molecule has 0 amide bonds. The van der Waals surface area contributed by atoms with E-state index in [1.165, 1.54) is 24.0 Å². The summed E-state index contributed by atoms with van der Waals surface area (Å²) in [4.78, 5) is 16.6. The second-order valence-electron chi connectivity index (χ2n) is 4.44. The molecule has 1 N–H and O–H groups in total. The van der Waals surface area contributed by atoms with Gasteiger partial charge in [0, 0.05) is 11.4 Å². The average molecular weight is 306 g/mol. The van der Waals surface area contributed by atoms with Gasteiger partial charge in [0.15, 0.2) is 10.8 Å². The van der Waals surface area contributed by atoms with Gasteiger partial charge in [-0.2, -0.15) is 0 Å². The fourth-order valence-corrected chi connectivity index (χ4v) is 2.73. The number of carbonyl (C=O) groups excluding carboxylic acids is 1. The number of carbonyl (C=O) groups is 1. The summed E-state index contributed by atoms with van der Waals surface area (Å²) in [6, 6.07) is 7.95. The van der Waals surface area contributed by atoms with Crippen LogP contribution in [0.4, 0.5) is 5.13 Å². The summed E-state index contributed by atoms with van der Waals surface area (Å²) < 4.78 is 9.89. The van der Waals surface area contributed by atoms with Crippen molar-refractivity contribution in [1.82, 2.24) is 4.98 Å². The zero-order valence-corrected chi connectivity index (χ0v) is 13.1. The molecule has 0 aliphatic carbocycles. The quantitative estimate of drug-likeness (QED) is 0.832. The number of nitrogens with one attached hydrogen (secondary N) is 1. The van der Waals surface area contributed by atoms with E-state index in [0.717, 1.165) is 28.7 Å². The number of anilines is 1. The summed E-state index contributed by atoms with van der Waals surface area (Å²) >= 11 is 1.45. The maximum Gasteiger partial charge on any atom is 0.357 e.